The number of nitrogens with zero attached hydrogens (tertiary/aromatic N) is 4. The van der Waals surface area contributed by atoms with Crippen LogP contribution in [0.3, 0.4) is 0 Å². The van der Waals surface area contributed by atoms with E-state index in [9.17, 15) is 0 Å². The molecule has 0 amide bonds. The van der Waals surface area contributed by atoms with Crippen LogP contribution >= 0.6 is 11.6 Å². The second kappa shape index (κ2) is 7.35. The molecule has 0 atom stereocenters. The van der Waals surface area contributed by atoms with Crippen molar-refractivity contribution in [1.29, 1.82) is 0 Å². The van der Waals surface area contributed by atoms with E-state index in [1.165, 1.54) is 0 Å². The fraction of sp³-hybridized carbons (Fsp3) is 0.636. The van der Waals surface area contributed by atoms with Crippen molar-refractivity contribution in [3.05, 3.63) is 11.2 Å². The number of anilines is 2. The van der Waals surface area contributed by atoms with E-state index in [2.05, 4.69) is 46.2 Å². The number of hydrogen-bond donors (Lipinski definition) is 2. The average molecular weight is 273 g/mol. The van der Waals surface area contributed by atoms with Gasteiger partial charge in [-0.15, -0.1) is 0 Å². The highest BCUT2D eigenvalue weighted by atomic mass is 35.5. The van der Waals surface area contributed by atoms with Gasteiger partial charge in [-0.2, -0.15) is 4.98 Å². The van der Waals surface area contributed by atoms with Crippen LogP contribution in [-0.4, -0.2) is 48.6 Å². The Bertz CT molecular complexity index is 371. The van der Waals surface area contributed by atoms with Crippen molar-refractivity contribution in [1.82, 2.24) is 14.9 Å². The molecule has 0 aromatic carbocycles. The smallest absolute Gasteiger partial charge is 0.239 e. The molecular formula is C11H21ClN6. The topological polar surface area (TPSA) is 70.3 Å². The molecule has 7 heteroatoms. The van der Waals surface area contributed by atoms with E-state index >= 15 is 0 Å². The molecule has 0 unspecified atom stereocenters. The molecule has 0 saturated carbocycles. The lowest BCUT2D eigenvalue weighted by Crippen LogP contribution is -2.28. The number of nitrogens with one attached hydrogen (secondary N) is 1. The zero-order chi connectivity index (χ0) is 13.5. The second-order valence-electron chi connectivity index (χ2n) is 4.25. The van der Waals surface area contributed by atoms with Crippen LogP contribution in [0.4, 0.5) is 11.8 Å². The normalized spacial score (nSPS) is 10.8. The zero-order valence-corrected chi connectivity index (χ0v) is 11.9. The molecule has 0 radical (unpaired) electrons. The minimum atomic E-state index is 0.375. The molecule has 1 heterocycles. The molecular weight excluding hydrogens is 252 g/mol. The summed E-state index contributed by atoms with van der Waals surface area (Å²) in [6.45, 7) is 4.84. The van der Waals surface area contributed by atoms with E-state index in [-0.39, 0.29) is 0 Å². The van der Waals surface area contributed by atoms with Gasteiger partial charge in [0.15, 0.2) is 5.82 Å². The van der Waals surface area contributed by atoms with Crippen LogP contribution in [0.5, 0.6) is 0 Å². The van der Waals surface area contributed by atoms with E-state index in [1.807, 2.05) is 0 Å². The minimum Gasteiger partial charge on any atom is -0.355 e. The van der Waals surface area contributed by atoms with Gasteiger partial charge < -0.3 is 9.80 Å². The van der Waals surface area contributed by atoms with Gasteiger partial charge in [0, 0.05) is 13.1 Å². The van der Waals surface area contributed by atoms with Crippen molar-refractivity contribution < 1.29 is 0 Å². The van der Waals surface area contributed by atoms with Crippen LogP contribution in [0.1, 0.15) is 13.3 Å². The first kappa shape index (κ1) is 14.9. The largest absolute Gasteiger partial charge is 0.355 e. The third-order valence-corrected chi connectivity index (χ3v) is 2.84. The Hall–Kier alpha value is -1.11. The molecule has 3 N–H and O–H groups in total. The zero-order valence-electron chi connectivity index (χ0n) is 11.1. The molecule has 102 valence electrons. The molecule has 0 aliphatic heterocycles. The van der Waals surface area contributed by atoms with Crippen LogP contribution in [0.2, 0.25) is 5.02 Å². The first-order chi connectivity index (χ1) is 8.58. The summed E-state index contributed by atoms with van der Waals surface area (Å²) in [6.07, 6.45) is 2.61. The van der Waals surface area contributed by atoms with Gasteiger partial charge in [-0.3, -0.25) is 5.43 Å². The number of rotatable bonds is 7. The molecule has 0 aliphatic rings. The predicted molar refractivity (Wildman–Crippen MR) is 75.9 cm³/mol. The van der Waals surface area contributed by atoms with Gasteiger partial charge in [0.2, 0.25) is 5.95 Å². The number of halogens is 1. The summed E-state index contributed by atoms with van der Waals surface area (Å²) in [5, 5.41) is 0.542. The highest BCUT2D eigenvalue weighted by Gasteiger charge is 2.12. The Kier molecular flexibility index (Phi) is 6.11. The maximum atomic E-state index is 6.12. The Morgan fingerprint density at radius 2 is 2.11 bits per heavy atom. The number of nitrogens with two attached hydrogens (primary N) is 1. The maximum Gasteiger partial charge on any atom is 0.239 e. The number of hydrogen-bond acceptors (Lipinski definition) is 6. The first-order valence-corrected chi connectivity index (χ1v) is 6.35. The van der Waals surface area contributed by atoms with Crippen LogP contribution in [0.15, 0.2) is 6.20 Å². The summed E-state index contributed by atoms with van der Waals surface area (Å²) in [5.74, 6) is 6.41. The quantitative estimate of drug-likeness (QED) is 0.574. The lowest BCUT2D eigenvalue weighted by atomic mass is 10.3. The molecule has 1 aromatic rings. The minimum absolute atomic E-state index is 0.375. The molecule has 6 nitrogen and oxygen atoms in total. The number of hydrazine groups is 1. The van der Waals surface area contributed by atoms with Crippen LogP contribution in [-0.2, 0) is 0 Å². The molecule has 0 spiro atoms. The van der Waals surface area contributed by atoms with Crippen molar-refractivity contribution in [3.8, 4) is 0 Å². The standard InChI is InChI=1S/C11H21ClN6/c1-4-18(7-5-6-17(2)3)10-9(12)8-14-11(15-10)16-13/h8H,4-7,13H2,1-3H3,(H,14,15,16). The fourth-order valence-electron chi connectivity index (χ4n) is 1.64. The van der Waals surface area contributed by atoms with Crippen molar-refractivity contribution in [3.63, 3.8) is 0 Å². The van der Waals surface area contributed by atoms with Gasteiger partial charge in [-0.05, 0) is 34.0 Å². The molecule has 0 bridgehead atoms. The van der Waals surface area contributed by atoms with E-state index in [0.717, 1.165) is 31.9 Å². The fourth-order valence-corrected chi connectivity index (χ4v) is 1.85. The molecule has 0 saturated heterocycles. The van der Waals surface area contributed by atoms with Gasteiger partial charge in [0.1, 0.15) is 5.02 Å². The Morgan fingerprint density at radius 3 is 2.67 bits per heavy atom. The van der Waals surface area contributed by atoms with Gasteiger partial charge in [-0.25, -0.2) is 10.8 Å². The summed E-state index contributed by atoms with van der Waals surface area (Å²) in [4.78, 5) is 12.5. The van der Waals surface area contributed by atoms with Gasteiger partial charge in [-0.1, -0.05) is 11.6 Å². The first-order valence-electron chi connectivity index (χ1n) is 5.97. The third kappa shape index (κ3) is 4.29. The van der Waals surface area contributed by atoms with Gasteiger partial charge in [0.05, 0.1) is 6.20 Å². The summed E-state index contributed by atoms with van der Waals surface area (Å²) in [6, 6.07) is 0. The van der Waals surface area contributed by atoms with Crippen molar-refractivity contribution in [2.45, 2.75) is 13.3 Å². The average Bonchev–Trinajstić information content (AvgIpc) is 2.35. The lowest BCUT2D eigenvalue weighted by molar-refractivity contribution is 0.400. The molecule has 18 heavy (non-hydrogen) atoms. The Morgan fingerprint density at radius 1 is 1.39 bits per heavy atom. The SMILES string of the molecule is CCN(CCCN(C)C)c1nc(NN)ncc1Cl. The summed E-state index contributed by atoms with van der Waals surface area (Å²) < 4.78 is 0. The Labute approximate surface area is 113 Å². The van der Waals surface area contributed by atoms with E-state index in [0.29, 0.717) is 11.0 Å². The van der Waals surface area contributed by atoms with Crippen molar-refractivity contribution in [2.75, 3.05) is 44.1 Å². The number of nitrogen functional groups attached to an aromatic ring is 1. The number of aromatic nitrogens is 2. The summed E-state index contributed by atoms with van der Waals surface area (Å²) in [7, 11) is 4.12. The highest BCUT2D eigenvalue weighted by molar-refractivity contribution is 6.32. The van der Waals surface area contributed by atoms with Crippen LogP contribution in [0.25, 0.3) is 0 Å². The predicted octanol–water partition coefficient (Wildman–Crippen LogP) is 1.19. The van der Waals surface area contributed by atoms with Crippen LogP contribution < -0.4 is 16.2 Å². The summed E-state index contributed by atoms with van der Waals surface area (Å²) in [5.41, 5.74) is 2.43. The lowest BCUT2D eigenvalue weighted by Gasteiger charge is -2.23. The molecule has 1 aromatic heterocycles. The van der Waals surface area contributed by atoms with E-state index in [1.54, 1.807) is 6.20 Å². The van der Waals surface area contributed by atoms with Gasteiger partial charge in [0.25, 0.3) is 0 Å². The van der Waals surface area contributed by atoms with Crippen molar-refractivity contribution in [2.24, 2.45) is 5.84 Å². The highest BCUT2D eigenvalue weighted by Crippen LogP contribution is 2.23. The maximum absolute atomic E-state index is 6.12. The van der Waals surface area contributed by atoms with E-state index in [4.69, 9.17) is 17.4 Å². The summed E-state index contributed by atoms with van der Waals surface area (Å²) >= 11 is 6.12. The van der Waals surface area contributed by atoms with Gasteiger partial charge >= 0.3 is 0 Å². The molecule has 0 aliphatic carbocycles. The van der Waals surface area contributed by atoms with Crippen molar-refractivity contribution >= 4 is 23.4 Å². The molecule has 1 rings (SSSR count). The third-order valence-electron chi connectivity index (χ3n) is 2.57. The molecule has 0 fully saturated rings. The second-order valence-corrected chi connectivity index (χ2v) is 4.65. The monoisotopic (exact) mass is 272 g/mol. The Balaban J connectivity index is 2.74. The van der Waals surface area contributed by atoms with E-state index < -0.39 is 0 Å². The van der Waals surface area contributed by atoms with Crippen LogP contribution in [0, 0.1) is 0 Å².